The van der Waals surface area contributed by atoms with Gasteiger partial charge in [0.2, 0.25) is 0 Å². The number of thiophene rings is 1. The second-order valence-corrected chi connectivity index (χ2v) is 8.55. The Hall–Kier alpha value is -2.14. The lowest BCUT2D eigenvalue weighted by Gasteiger charge is -2.47. The van der Waals surface area contributed by atoms with Crippen LogP contribution < -0.4 is 10.3 Å². The number of hydrogen-bond donors (Lipinski definition) is 1. The Kier molecular flexibility index (Phi) is 5.19. The van der Waals surface area contributed by atoms with Crippen LogP contribution in [0.4, 0.5) is 5.69 Å². The summed E-state index contributed by atoms with van der Waals surface area (Å²) in [5, 5.41) is 6.05. The standard InChI is InChI=1S/C21H27N3OS/c1-6-24-18-10-14(2)16(11-17(18)15(3)12-21(24,4)5)13-22-23-20(25)19-8-7-9-26-19/h7-11,13,15H,6,12H2,1-5H3,(H,23,25)/b22-13+/t15-/m1/s1. The van der Waals surface area contributed by atoms with Crippen molar-refractivity contribution in [1.29, 1.82) is 0 Å². The molecule has 138 valence electrons. The Morgan fingerprint density at radius 3 is 2.88 bits per heavy atom. The highest BCUT2D eigenvalue weighted by atomic mass is 32.1. The van der Waals surface area contributed by atoms with Crippen molar-refractivity contribution in [3.05, 3.63) is 51.2 Å². The third-order valence-electron chi connectivity index (χ3n) is 5.20. The molecule has 2 aromatic rings. The van der Waals surface area contributed by atoms with Crippen LogP contribution in [-0.2, 0) is 0 Å². The van der Waals surface area contributed by atoms with Gasteiger partial charge in [0.05, 0.1) is 11.1 Å². The zero-order valence-corrected chi connectivity index (χ0v) is 17.0. The largest absolute Gasteiger partial charge is 0.366 e. The van der Waals surface area contributed by atoms with Gasteiger partial charge in [0.15, 0.2) is 0 Å². The molecule has 3 rings (SSSR count). The molecule has 26 heavy (non-hydrogen) atoms. The Bertz CT molecular complexity index is 824. The van der Waals surface area contributed by atoms with Crippen LogP contribution in [0, 0.1) is 6.92 Å². The maximum atomic E-state index is 12.0. The summed E-state index contributed by atoms with van der Waals surface area (Å²) >= 11 is 1.41. The molecule has 1 aromatic heterocycles. The maximum Gasteiger partial charge on any atom is 0.281 e. The van der Waals surface area contributed by atoms with Crippen LogP contribution in [0.5, 0.6) is 0 Å². The number of aryl methyl sites for hydroxylation is 1. The van der Waals surface area contributed by atoms with E-state index in [9.17, 15) is 4.79 Å². The summed E-state index contributed by atoms with van der Waals surface area (Å²) in [6, 6.07) is 8.15. The molecule has 4 nitrogen and oxygen atoms in total. The molecule has 0 bridgehead atoms. The minimum absolute atomic E-state index is 0.165. The van der Waals surface area contributed by atoms with Crippen molar-refractivity contribution in [2.45, 2.75) is 52.5 Å². The fourth-order valence-corrected chi connectivity index (χ4v) is 4.63. The molecule has 0 spiro atoms. The molecule has 2 heterocycles. The number of nitrogens with zero attached hydrogens (tertiary/aromatic N) is 2. The van der Waals surface area contributed by atoms with E-state index < -0.39 is 0 Å². The average molecular weight is 370 g/mol. The van der Waals surface area contributed by atoms with Crippen molar-refractivity contribution in [2.24, 2.45) is 5.10 Å². The molecule has 0 unspecified atom stereocenters. The Morgan fingerprint density at radius 2 is 2.23 bits per heavy atom. The Labute approximate surface area is 159 Å². The first-order chi connectivity index (χ1) is 12.3. The summed E-state index contributed by atoms with van der Waals surface area (Å²) in [6.45, 7) is 12.2. The monoisotopic (exact) mass is 369 g/mol. The predicted octanol–water partition coefficient (Wildman–Crippen LogP) is 4.93. The molecule has 1 atom stereocenters. The van der Waals surface area contributed by atoms with Gasteiger partial charge in [0.25, 0.3) is 5.91 Å². The molecular formula is C21H27N3OS. The number of carbonyl (C=O) groups excluding carboxylic acids is 1. The molecule has 1 N–H and O–H groups in total. The van der Waals surface area contributed by atoms with Crippen LogP contribution in [0.3, 0.4) is 0 Å². The number of fused-ring (bicyclic) bond motifs is 1. The zero-order valence-electron chi connectivity index (χ0n) is 16.2. The first-order valence-electron chi connectivity index (χ1n) is 9.12. The Balaban J connectivity index is 1.85. The molecule has 0 saturated heterocycles. The van der Waals surface area contributed by atoms with E-state index in [2.05, 4.69) is 62.2 Å². The van der Waals surface area contributed by atoms with E-state index in [4.69, 9.17) is 0 Å². The quantitative estimate of drug-likeness (QED) is 0.613. The van der Waals surface area contributed by atoms with E-state index in [0.717, 1.165) is 18.5 Å². The fourth-order valence-electron chi connectivity index (χ4n) is 4.01. The van der Waals surface area contributed by atoms with E-state index in [0.29, 0.717) is 10.8 Å². The van der Waals surface area contributed by atoms with Gasteiger partial charge in [-0.15, -0.1) is 11.3 Å². The van der Waals surface area contributed by atoms with Gasteiger partial charge in [-0.2, -0.15) is 5.10 Å². The van der Waals surface area contributed by atoms with E-state index in [1.165, 1.54) is 28.2 Å². The maximum absolute atomic E-state index is 12.0. The SMILES string of the molecule is CCN1c2cc(C)c(/C=N/NC(=O)c3cccs3)cc2[C@H](C)CC1(C)C. The van der Waals surface area contributed by atoms with E-state index in [1.54, 1.807) is 12.3 Å². The second kappa shape index (κ2) is 7.23. The zero-order chi connectivity index (χ0) is 18.9. The number of benzene rings is 1. The minimum Gasteiger partial charge on any atom is -0.366 e. The summed E-state index contributed by atoms with van der Waals surface area (Å²) in [7, 11) is 0. The van der Waals surface area contributed by atoms with Crippen LogP contribution in [0.1, 0.15) is 66.4 Å². The highest BCUT2D eigenvalue weighted by Crippen LogP contribution is 2.43. The molecule has 1 aliphatic heterocycles. The molecule has 0 radical (unpaired) electrons. The van der Waals surface area contributed by atoms with Gasteiger partial charge < -0.3 is 4.90 Å². The lowest BCUT2D eigenvalue weighted by Crippen LogP contribution is -2.48. The van der Waals surface area contributed by atoms with Crippen LogP contribution in [0.2, 0.25) is 0 Å². The van der Waals surface area contributed by atoms with Crippen LogP contribution in [-0.4, -0.2) is 24.2 Å². The molecule has 5 heteroatoms. The molecule has 1 amide bonds. The molecule has 0 aliphatic carbocycles. The lowest BCUT2D eigenvalue weighted by molar-refractivity contribution is 0.0959. The Morgan fingerprint density at radius 1 is 1.46 bits per heavy atom. The highest BCUT2D eigenvalue weighted by Gasteiger charge is 2.35. The van der Waals surface area contributed by atoms with Gasteiger partial charge in [0, 0.05) is 17.8 Å². The van der Waals surface area contributed by atoms with Crippen molar-refractivity contribution in [1.82, 2.24) is 5.43 Å². The van der Waals surface area contributed by atoms with Gasteiger partial charge in [-0.25, -0.2) is 5.43 Å². The molecule has 1 aromatic carbocycles. The molecule has 0 fully saturated rings. The molecular weight excluding hydrogens is 342 g/mol. The topological polar surface area (TPSA) is 44.7 Å². The molecule has 0 saturated carbocycles. The van der Waals surface area contributed by atoms with Gasteiger partial charge in [-0.1, -0.05) is 13.0 Å². The number of amides is 1. The first kappa shape index (κ1) is 18.6. The predicted molar refractivity (Wildman–Crippen MR) is 111 cm³/mol. The third kappa shape index (κ3) is 3.54. The summed E-state index contributed by atoms with van der Waals surface area (Å²) in [5.41, 5.74) is 7.69. The third-order valence-corrected chi connectivity index (χ3v) is 6.07. The lowest BCUT2D eigenvalue weighted by atomic mass is 9.79. The van der Waals surface area contributed by atoms with Gasteiger partial charge in [-0.05, 0) is 80.3 Å². The van der Waals surface area contributed by atoms with Gasteiger partial charge >= 0.3 is 0 Å². The van der Waals surface area contributed by atoms with Crippen molar-refractivity contribution >= 4 is 29.1 Å². The summed E-state index contributed by atoms with van der Waals surface area (Å²) in [4.78, 5) is 15.2. The number of rotatable bonds is 4. The summed E-state index contributed by atoms with van der Waals surface area (Å²) in [5.74, 6) is 0.329. The van der Waals surface area contributed by atoms with Crippen LogP contribution >= 0.6 is 11.3 Å². The fraction of sp³-hybridized carbons (Fsp3) is 0.429. The van der Waals surface area contributed by atoms with E-state index in [1.807, 2.05) is 11.4 Å². The second-order valence-electron chi connectivity index (χ2n) is 7.61. The number of carbonyl (C=O) groups is 1. The number of anilines is 1. The molecule has 1 aliphatic rings. The first-order valence-corrected chi connectivity index (χ1v) is 10.0. The normalized spacial score (nSPS) is 18.8. The van der Waals surface area contributed by atoms with Crippen LogP contribution in [0.15, 0.2) is 34.7 Å². The summed E-state index contributed by atoms with van der Waals surface area (Å²) in [6.07, 6.45) is 2.88. The van der Waals surface area contributed by atoms with Gasteiger partial charge in [-0.3, -0.25) is 4.79 Å². The van der Waals surface area contributed by atoms with Crippen molar-refractivity contribution in [3.63, 3.8) is 0 Å². The van der Waals surface area contributed by atoms with Crippen LogP contribution in [0.25, 0.3) is 0 Å². The van der Waals surface area contributed by atoms with E-state index in [-0.39, 0.29) is 11.4 Å². The van der Waals surface area contributed by atoms with Gasteiger partial charge in [0.1, 0.15) is 0 Å². The van der Waals surface area contributed by atoms with E-state index >= 15 is 0 Å². The minimum atomic E-state index is -0.167. The highest BCUT2D eigenvalue weighted by molar-refractivity contribution is 7.12. The smallest absolute Gasteiger partial charge is 0.281 e. The van der Waals surface area contributed by atoms with Crippen molar-refractivity contribution in [2.75, 3.05) is 11.4 Å². The summed E-state index contributed by atoms with van der Waals surface area (Å²) < 4.78 is 0. The number of hydrogen-bond acceptors (Lipinski definition) is 4. The average Bonchev–Trinajstić information content (AvgIpc) is 3.10. The van der Waals surface area contributed by atoms with Crippen molar-refractivity contribution in [3.8, 4) is 0 Å². The van der Waals surface area contributed by atoms with Crippen molar-refractivity contribution < 1.29 is 4.79 Å². The number of nitrogens with one attached hydrogen (secondary N) is 1. The number of hydrazone groups is 1.